The van der Waals surface area contributed by atoms with Crippen LogP contribution >= 0.6 is 0 Å². The number of aliphatic hydroxyl groups is 1. The zero-order chi connectivity index (χ0) is 12.1. The Morgan fingerprint density at radius 3 is 2.56 bits per heavy atom. The van der Waals surface area contributed by atoms with Crippen molar-refractivity contribution in [2.75, 3.05) is 0 Å². The van der Waals surface area contributed by atoms with E-state index in [2.05, 4.69) is 42.5 Å². The van der Waals surface area contributed by atoms with E-state index in [9.17, 15) is 5.11 Å². The lowest BCUT2D eigenvalue weighted by Gasteiger charge is -2.11. The van der Waals surface area contributed by atoms with Crippen LogP contribution in [0.25, 0.3) is 11.1 Å². The molecule has 18 heavy (non-hydrogen) atoms. The SMILES string of the molecule is OC(c1ccc2c(c1)-c1ccccc1C2)C1CC1. The van der Waals surface area contributed by atoms with Crippen molar-refractivity contribution >= 4 is 0 Å². The Morgan fingerprint density at radius 2 is 1.72 bits per heavy atom. The van der Waals surface area contributed by atoms with E-state index < -0.39 is 0 Å². The van der Waals surface area contributed by atoms with Gasteiger partial charge in [0, 0.05) is 0 Å². The highest BCUT2D eigenvalue weighted by atomic mass is 16.3. The average Bonchev–Trinajstić information content (AvgIpc) is 3.18. The quantitative estimate of drug-likeness (QED) is 0.719. The van der Waals surface area contributed by atoms with Crippen LogP contribution in [-0.2, 0) is 6.42 Å². The highest BCUT2D eigenvalue weighted by Crippen LogP contribution is 2.43. The summed E-state index contributed by atoms with van der Waals surface area (Å²) in [6, 6.07) is 15.1. The molecule has 4 rings (SSSR count). The molecule has 1 nitrogen and oxygen atoms in total. The summed E-state index contributed by atoms with van der Waals surface area (Å²) in [6.45, 7) is 0. The number of fused-ring (bicyclic) bond motifs is 3. The van der Waals surface area contributed by atoms with Crippen molar-refractivity contribution in [3.63, 3.8) is 0 Å². The third kappa shape index (κ3) is 1.51. The smallest absolute Gasteiger partial charge is 0.0818 e. The van der Waals surface area contributed by atoms with Gasteiger partial charge in [-0.15, -0.1) is 0 Å². The predicted octanol–water partition coefficient (Wildman–Crippen LogP) is 3.70. The number of benzene rings is 2. The Hall–Kier alpha value is -1.60. The van der Waals surface area contributed by atoms with Crippen LogP contribution in [0.4, 0.5) is 0 Å². The summed E-state index contributed by atoms with van der Waals surface area (Å²) in [5.74, 6) is 0.500. The largest absolute Gasteiger partial charge is 0.388 e. The minimum atomic E-state index is -0.261. The van der Waals surface area contributed by atoms with Crippen LogP contribution in [-0.4, -0.2) is 5.11 Å². The summed E-state index contributed by atoms with van der Waals surface area (Å²) >= 11 is 0. The van der Waals surface area contributed by atoms with Crippen LogP contribution in [0.2, 0.25) is 0 Å². The summed E-state index contributed by atoms with van der Waals surface area (Å²) in [5.41, 5.74) is 6.56. The molecule has 2 aliphatic carbocycles. The molecule has 0 heterocycles. The van der Waals surface area contributed by atoms with Crippen molar-refractivity contribution in [3.05, 3.63) is 59.2 Å². The van der Waals surface area contributed by atoms with Gasteiger partial charge in [-0.05, 0) is 59.1 Å². The van der Waals surface area contributed by atoms with Gasteiger partial charge in [-0.25, -0.2) is 0 Å². The van der Waals surface area contributed by atoms with E-state index in [4.69, 9.17) is 0 Å². The lowest BCUT2D eigenvalue weighted by atomic mass is 9.98. The second-order valence-corrected chi connectivity index (χ2v) is 5.53. The first-order valence-electron chi connectivity index (χ1n) is 6.72. The predicted molar refractivity (Wildman–Crippen MR) is 72.4 cm³/mol. The summed E-state index contributed by atoms with van der Waals surface area (Å²) in [4.78, 5) is 0. The van der Waals surface area contributed by atoms with Gasteiger partial charge in [-0.1, -0.05) is 36.4 Å². The minimum absolute atomic E-state index is 0.261. The molecular formula is C17H16O. The average molecular weight is 236 g/mol. The van der Waals surface area contributed by atoms with Crippen molar-refractivity contribution in [3.8, 4) is 11.1 Å². The molecule has 0 aromatic heterocycles. The molecule has 0 bridgehead atoms. The zero-order valence-corrected chi connectivity index (χ0v) is 10.3. The van der Waals surface area contributed by atoms with Crippen LogP contribution in [0.5, 0.6) is 0 Å². The minimum Gasteiger partial charge on any atom is -0.388 e. The van der Waals surface area contributed by atoms with E-state index in [1.807, 2.05) is 0 Å². The Bertz CT molecular complexity index is 611. The lowest BCUT2D eigenvalue weighted by Crippen LogP contribution is -1.99. The normalized spacial score (nSPS) is 18.3. The van der Waals surface area contributed by atoms with Gasteiger partial charge in [0.05, 0.1) is 6.10 Å². The maximum atomic E-state index is 10.2. The molecule has 2 aliphatic rings. The van der Waals surface area contributed by atoms with Crippen LogP contribution in [0.3, 0.4) is 0 Å². The molecule has 2 aromatic rings. The molecule has 0 amide bonds. The summed E-state index contributed by atoms with van der Waals surface area (Å²) in [7, 11) is 0. The first kappa shape index (κ1) is 10.3. The molecule has 0 spiro atoms. The van der Waals surface area contributed by atoms with Gasteiger partial charge in [0.25, 0.3) is 0 Å². The number of hydrogen-bond acceptors (Lipinski definition) is 1. The molecular weight excluding hydrogens is 220 g/mol. The topological polar surface area (TPSA) is 20.2 Å². The first-order valence-corrected chi connectivity index (χ1v) is 6.72. The Balaban J connectivity index is 1.80. The van der Waals surface area contributed by atoms with Crippen molar-refractivity contribution in [2.24, 2.45) is 5.92 Å². The Kier molecular flexibility index (Phi) is 2.12. The summed E-state index contributed by atoms with van der Waals surface area (Å²) in [6.07, 6.45) is 3.12. The molecule has 0 saturated heterocycles. The van der Waals surface area contributed by atoms with E-state index in [0.717, 1.165) is 12.0 Å². The maximum Gasteiger partial charge on any atom is 0.0818 e. The van der Waals surface area contributed by atoms with Crippen molar-refractivity contribution in [2.45, 2.75) is 25.4 Å². The number of hydrogen-bond donors (Lipinski definition) is 1. The number of aliphatic hydroxyl groups excluding tert-OH is 1. The molecule has 0 radical (unpaired) electrons. The van der Waals surface area contributed by atoms with E-state index in [0.29, 0.717) is 5.92 Å². The maximum absolute atomic E-state index is 10.2. The van der Waals surface area contributed by atoms with E-state index >= 15 is 0 Å². The fourth-order valence-corrected chi connectivity index (χ4v) is 3.01. The Morgan fingerprint density at radius 1 is 0.944 bits per heavy atom. The standard InChI is InChI=1S/C17H16O/c18-17(11-5-6-11)14-8-7-13-9-12-3-1-2-4-15(12)16(13)10-14/h1-4,7-8,10-11,17-18H,5-6,9H2. The third-order valence-corrected chi connectivity index (χ3v) is 4.23. The molecule has 1 atom stereocenters. The monoisotopic (exact) mass is 236 g/mol. The van der Waals surface area contributed by atoms with Gasteiger partial charge < -0.3 is 5.11 Å². The van der Waals surface area contributed by atoms with Gasteiger partial charge in [-0.2, -0.15) is 0 Å². The molecule has 0 aliphatic heterocycles. The molecule has 1 fully saturated rings. The fraction of sp³-hybridized carbons (Fsp3) is 0.294. The molecule has 2 aromatic carbocycles. The third-order valence-electron chi connectivity index (χ3n) is 4.23. The van der Waals surface area contributed by atoms with Gasteiger partial charge in [0.1, 0.15) is 0 Å². The Labute approximate surface area is 107 Å². The van der Waals surface area contributed by atoms with Crippen LogP contribution in [0.15, 0.2) is 42.5 Å². The summed E-state index contributed by atoms with van der Waals surface area (Å²) < 4.78 is 0. The second kappa shape index (κ2) is 3.69. The van der Waals surface area contributed by atoms with Gasteiger partial charge in [-0.3, -0.25) is 0 Å². The van der Waals surface area contributed by atoms with Gasteiger partial charge >= 0.3 is 0 Å². The van der Waals surface area contributed by atoms with E-state index in [1.165, 1.54) is 35.1 Å². The van der Waals surface area contributed by atoms with Gasteiger partial charge in [0.15, 0.2) is 0 Å². The van der Waals surface area contributed by atoms with Crippen LogP contribution in [0.1, 0.15) is 35.6 Å². The van der Waals surface area contributed by atoms with Crippen molar-refractivity contribution < 1.29 is 5.11 Å². The summed E-state index contributed by atoms with van der Waals surface area (Å²) in [5, 5.41) is 10.2. The van der Waals surface area contributed by atoms with Crippen LogP contribution < -0.4 is 0 Å². The molecule has 1 saturated carbocycles. The van der Waals surface area contributed by atoms with E-state index in [-0.39, 0.29) is 6.10 Å². The highest BCUT2D eigenvalue weighted by Gasteiger charge is 2.31. The molecule has 1 N–H and O–H groups in total. The fourth-order valence-electron chi connectivity index (χ4n) is 3.01. The molecule has 1 unspecified atom stereocenters. The second-order valence-electron chi connectivity index (χ2n) is 5.53. The first-order chi connectivity index (χ1) is 8.83. The lowest BCUT2D eigenvalue weighted by molar-refractivity contribution is 0.154. The van der Waals surface area contributed by atoms with Crippen LogP contribution in [0, 0.1) is 5.92 Å². The zero-order valence-electron chi connectivity index (χ0n) is 10.3. The van der Waals surface area contributed by atoms with Crippen molar-refractivity contribution in [1.82, 2.24) is 0 Å². The van der Waals surface area contributed by atoms with Gasteiger partial charge in [0.2, 0.25) is 0 Å². The highest BCUT2D eigenvalue weighted by molar-refractivity contribution is 5.77. The van der Waals surface area contributed by atoms with E-state index in [1.54, 1.807) is 0 Å². The molecule has 1 heteroatoms. The van der Waals surface area contributed by atoms with Crippen molar-refractivity contribution in [1.29, 1.82) is 0 Å². The number of rotatable bonds is 2. The molecule has 90 valence electrons.